The molecule has 1 aliphatic rings. The number of para-hydroxylation sites is 1. The number of fused-ring (bicyclic) bond motifs is 1. The number of ether oxygens (including phenoxy) is 1. The fourth-order valence-electron chi connectivity index (χ4n) is 6.04. The molecule has 2 heterocycles. The van der Waals surface area contributed by atoms with Crippen molar-refractivity contribution in [2.75, 3.05) is 13.7 Å². The number of benzene rings is 2. The van der Waals surface area contributed by atoms with Crippen molar-refractivity contribution < 1.29 is 17.9 Å². The Morgan fingerprint density at radius 1 is 1.07 bits per heavy atom. The van der Waals surface area contributed by atoms with Gasteiger partial charge in [0.2, 0.25) is 15.9 Å². The van der Waals surface area contributed by atoms with Crippen LogP contribution in [0.2, 0.25) is 0 Å². The topological polar surface area (TPSA) is 113 Å². The van der Waals surface area contributed by atoms with E-state index in [-0.39, 0.29) is 22.5 Å². The lowest BCUT2D eigenvalue weighted by molar-refractivity contribution is -0.126. The number of pyridine rings is 1. The summed E-state index contributed by atoms with van der Waals surface area (Å²) in [4.78, 5) is 22.0. The average Bonchev–Trinajstić information content (AvgIpc) is 3.38. The van der Waals surface area contributed by atoms with Crippen LogP contribution < -0.4 is 14.8 Å². The quantitative estimate of drug-likeness (QED) is 0.242. The van der Waals surface area contributed by atoms with E-state index >= 15 is 0 Å². The van der Waals surface area contributed by atoms with Gasteiger partial charge in [-0.15, -0.1) is 0 Å². The molecule has 9 heteroatoms. The van der Waals surface area contributed by atoms with Crippen LogP contribution in [0.15, 0.2) is 78.0 Å². The number of amides is 1. The number of H-pyrrole nitrogens is 1. The lowest BCUT2D eigenvalue weighted by Gasteiger charge is -2.38. The predicted molar refractivity (Wildman–Crippen MR) is 160 cm³/mol. The molecule has 1 atom stereocenters. The second-order valence-electron chi connectivity index (χ2n) is 11.4. The minimum atomic E-state index is -4.15. The summed E-state index contributed by atoms with van der Waals surface area (Å²) in [5.41, 5.74) is 1.80. The molecule has 1 fully saturated rings. The molecule has 0 radical (unpaired) electrons. The van der Waals surface area contributed by atoms with Crippen LogP contribution in [0, 0.1) is 6.92 Å². The maximum absolute atomic E-state index is 14.2. The average molecular weight is 575 g/mol. The number of nitrogens with zero attached hydrogens (tertiary/aromatic N) is 1. The van der Waals surface area contributed by atoms with Gasteiger partial charge in [-0.05, 0) is 68.1 Å². The summed E-state index contributed by atoms with van der Waals surface area (Å²) in [6.45, 7) is 3.89. The van der Waals surface area contributed by atoms with E-state index in [1.54, 1.807) is 25.3 Å². The van der Waals surface area contributed by atoms with Crippen LogP contribution in [0.3, 0.4) is 0 Å². The van der Waals surface area contributed by atoms with Crippen molar-refractivity contribution in [1.82, 2.24) is 20.0 Å². The summed E-state index contributed by atoms with van der Waals surface area (Å²) in [5, 5.41) is 4.10. The first-order valence-electron chi connectivity index (χ1n) is 14.1. The molecule has 41 heavy (non-hydrogen) atoms. The van der Waals surface area contributed by atoms with E-state index in [0.29, 0.717) is 6.54 Å². The first kappa shape index (κ1) is 28.8. The number of rotatable bonds is 10. The molecule has 5 rings (SSSR count). The van der Waals surface area contributed by atoms with Gasteiger partial charge in [0.15, 0.2) is 0 Å². The minimum absolute atomic E-state index is 0.0132. The number of aromatic nitrogens is 2. The molecule has 1 amide bonds. The van der Waals surface area contributed by atoms with E-state index in [2.05, 4.69) is 20.0 Å². The molecule has 216 valence electrons. The van der Waals surface area contributed by atoms with E-state index in [4.69, 9.17) is 4.74 Å². The van der Waals surface area contributed by atoms with Crippen molar-refractivity contribution >= 4 is 26.8 Å². The number of nitrogens with one attached hydrogen (secondary N) is 3. The molecule has 1 saturated carbocycles. The zero-order valence-corrected chi connectivity index (χ0v) is 24.7. The Labute approximate surface area is 242 Å². The summed E-state index contributed by atoms with van der Waals surface area (Å²) >= 11 is 0. The Morgan fingerprint density at radius 3 is 2.56 bits per heavy atom. The lowest BCUT2D eigenvalue weighted by atomic mass is 9.71. The summed E-state index contributed by atoms with van der Waals surface area (Å²) < 4.78 is 35.9. The van der Waals surface area contributed by atoms with Crippen molar-refractivity contribution in [1.29, 1.82) is 0 Å². The van der Waals surface area contributed by atoms with Gasteiger partial charge in [-0.3, -0.25) is 9.78 Å². The second kappa shape index (κ2) is 11.7. The summed E-state index contributed by atoms with van der Waals surface area (Å²) in [5.74, 6) is -0.165. The summed E-state index contributed by atoms with van der Waals surface area (Å²) in [6.07, 6.45) is 8.86. The molecule has 0 aliphatic heterocycles. The molecule has 0 saturated heterocycles. The fraction of sp³-hybridized carbons (Fsp3) is 0.375. The first-order chi connectivity index (χ1) is 19.7. The molecule has 4 aromatic rings. The number of methoxy groups -OCH3 is 1. The van der Waals surface area contributed by atoms with Gasteiger partial charge in [0.25, 0.3) is 0 Å². The van der Waals surface area contributed by atoms with Gasteiger partial charge in [0, 0.05) is 47.4 Å². The van der Waals surface area contributed by atoms with Gasteiger partial charge in [0.05, 0.1) is 7.11 Å². The highest BCUT2D eigenvalue weighted by Crippen LogP contribution is 2.38. The molecule has 8 nitrogen and oxygen atoms in total. The number of carbonyl (C=O) groups excluding carboxylic acids is 1. The van der Waals surface area contributed by atoms with E-state index in [0.717, 1.165) is 59.8 Å². The molecule has 0 spiro atoms. The van der Waals surface area contributed by atoms with Gasteiger partial charge < -0.3 is 15.0 Å². The summed E-state index contributed by atoms with van der Waals surface area (Å²) in [6, 6.07) is 18.6. The molecular weight excluding hydrogens is 536 g/mol. The van der Waals surface area contributed by atoms with Crippen molar-refractivity contribution in [3.63, 3.8) is 0 Å². The lowest BCUT2D eigenvalue weighted by Crippen LogP contribution is -2.59. The van der Waals surface area contributed by atoms with Crippen molar-refractivity contribution in [2.24, 2.45) is 0 Å². The Hall–Kier alpha value is -3.69. The van der Waals surface area contributed by atoms with Gasteiger partial charge in [-0.25, -0.2) is 8.42 Å². The van der Waals surface area contributed by atoms with E-state index in [1.807, 2.05) is 55.6 Å². The van der Waals surface area contributed by atoms with Crippen molar-refractivity contribution in [3.05, 3.63) is 89.9 Å². The van der Waals surface area contributed by atoms with Gasteiger partial charge in [-0.2, -0.15) is 4.72 Å². The number of hydrogen-bond donors (Lipinski definition) is 3. The Morgan fingerprint density at radius 2 is 1.83 bits per heavy atom. The highest BCUT2D eigenvalue weighted by Gasteiger charge is 2.42. The molecule has 1 aliphatic carbocycles. The molecule has 3 N–H and O–H groups in total. The highest BCUT2D eigenvalue weighted by atomic mass is 32.2. The van der Waals surface area contributed by atoms with E-state index < -0.39 is 21.5 Å². The Kier molecular flexibility index (Phi) is 8.20. The van der Waals surface area contributed by atoms with Gasteiger partial charge >= 0.3 is 0 Å². The third-order valence-electron chi connectivity index (χ3n) is 8.29. The van der Waals surface area contributed by atoms with Gasteiger partial charge in [-0.1, -0.05) is 49.6 Å². The number of hydrogen-bond acceptors (Lipinski definition) is 5. The first-order valence-corrected chi connectivity index (χ1v) is 15.6. The number of sulfonamides is 1. The molecule has 2 aromatic carbocycles. The number of carbonyl (C=O) groups is 1. The standard InChI is InChI=1S/C32H38N4O4S/c1-23-14-15-28(27(19-23)40-3)41(38,39)36-31(2,20-24-21-34-26-12-6-5-11-25(24)26)30(37)35-22-32(16-8-4-9-17-32)29-13-7-10-18-33-29/h5-7,10-15,18-19,21,34,36H,4,8-9,16-17,20,22H2,1-3H3,(H,35,37)/t31-/m0/s1. The monoisotopic (exact) mass is 574 g/mol. The fourth-order valence-corrected chi connectivity index (χ4v) is 7.57. The summed E-state index contributed by atoms with van der Waals surface area (Å²) in [7, 11) is -2.71. The zero-order chi connectivity index (χ0) is 29.1. The maximum Gasteiger partial charge on any atom is 0.245 e. The van der Waals surface area contributed by atoms with Crippen LogP contribution in [0.1, 0.15) is 55.8 Å². The van der Waals surface area contributed by atoms with Crippen LogP contribution in [-0.2, 0) is 26.7 Å². The molecule has 2 aromatic heterocycles. The molecule has 0 unspecified atom stereocenters. The van der Waals surface area contributed by atoms with Gasteiger partial charge in [0.1, 0.15) is 16.2 Å². The second-order valence-corrected chi connectivity index (χ2v) is 13.0. The zero-order valence-electron chi connectivity index (χ0n) is 23.9. The van der Waals surface area contributed by atoms with E-state index in [1.165, 1.54) is 13.2 Å². The van der Waals surface area contributed by atoms with E-state index in [9.17, 15) is 13.2 Å². The van der Waals surface area contributed by atoms with Crippen molar-refractivity contribution in [3.8, 4) is 5.75 Å². The van der Waals surface area contributed by atoms with Crippen LogP contribution in [0.25, 0.3) is 10.9 Å². The normalized spacial score (nSPS) is 16.7. The third-order valence-corrected chi connectivity index (χ3v) is 9.93. The molecule has 0 bridgehead atoms. The van der Waals surface area contributed by atoms with Crippen molar-refractivity contribution in [2.45, 2.75) is 68.2 Å². The Balaban J connectivity index is 1.49. The predicted octanol–water partition coefficient (Wildman–Crippen LogP) is 5.18. The largest absolute Gasteiger partial charge is 0.495 e. The Bertz CT molecular complexity index is 1630. The highest BCUT2D eigenvalue weighted by molar-refractivity contribution is 7.89. The third kappa shape index (κ3) is 6.01. The molecular formula is C32H38N4O4S. The smallest absolute Gasteiger partial charge is 0.245 e. The van der Waals surface area contributed by atoms with Crippen LogP contribution in [0.4, 0.5) is 0 Å². The number of aromatic amines is 1. The van der Waals surface area contributed by atoms with Crippen LogP contribution in [-0.4, -0.2) is 43.5 Å². The minimum Gasteiger partial charge on any atom is -0.495 e. The van der Waals surface area contributed by atoms with Crippen LogP contribution in [0.5, 0.6) is 5.75 Å². The maximum atomic E-state index is 14.2. The number of aryl methyl sites for hydroxylation is 1. The van der Waals surface area contributed by atoms with Crippen LogP contribution >= 0.6 is 0 Å². The SMILES string of the molecule is COc1cc(C)ccc1S(=O)(=O)N[C@@](C)(Cc1c[nH]c2ccccc12)C(=O)NCC1(c2ccccn2)CCCCC1.